The number of fused-ring (bicyclic) bond motifs is 1. The van der Waals surface area contributed by atoms with Crippen LogP contribution in [0, 0.1) is 0 Å². The summed E-state index contributed by atoms with van der Waals surface area (Å²) in [5.74, 6) is 1.53. The molecule has 0 radical (unpaired) electrons. The Morgan fingerprint density at radius 1 is 0.933 bits per heavy atom. The fourth-order valence-electron chi connectivity index (χ4n) is 3.43. The van der Waals surface area contributed by atoms with Crippen LogP contribution in [0.1, 0.15) is 37.5 Å². The van der Waals surface area contributed by atoms with Crippen molar-refractivity contribution in [1.29, 1.82) is 0 Å². The monoisotopic (exact) mass is 397 g/mol. The maximum Gasteiger partial charge on any atom is 0.230 e. The molecule has 0 aliphatic rings. The zero-order valence-electron chi connectivity index (χ0n) is 18.0. The lowest BCUT2D eigenvalue weighted by Crippen LogP contribution is -2.11. The second-order valence-electron chi connectivity index (χ2n) is 8.46. The molecule has 152 valence electrons. The molecule has 0 bridgehead atoms. The van der Waals surface area contributed by atoms with Gasteiger partial charge in [-0.15, -0.1) is 0 Å². The van der Waals surface area contributed by atoms with Crippen LogP contribution in [0.25, 0.3) is 11.0 Å². The van der Waals surface area contributed by atoms with Crippen LogP contribution < -0.4 is 4.74 Å². The summed E-state index contributed by atoms with van der Waals surface area (Å²) in [6.07, 6.45) is 1.85. The molecule has 0 saturated carbocycles. The minimum Gasteiger partial charge on any atom is -0.497 e. The van der Waals surface area contributed by atoms with Gasteiger partial charge in [0.25, 0.3) is 0 Å². The van der Waals surface area contributed by atoms with E-state index in [-0.39, 0.29) is 5.41 Å². The van der Waals surface area contributed by atoms with Crippen LogP contribution in [0.5, 0.6) is 5.75 Å². The van der Waals surface area contributed by atoms with E-state index in [1.165, 1.54) is 11.1 Å². The van der Waals surface area contributed by atoms with Crippen molar-refractivity contribution in [2.24, 2.45) is 4.99 Å². The number of methoxy groups -OCH3 is 1. The second kappa shape index (κ2) is 8.15. The first-order valence-electron chi connectivity index (χ1n) is 10.2. The number of aliphatic imine (C=N–C) groups is 1. The van der Waals surface area contributed by atoms with Crippen molar-refractivity contribution >= 4 is 23.2 Å². The molecule has 0 saturated heterocycles. The Kier molecular flexibility index (Phi) is 5.40. The number of hydrogen-bond acceptors (Lipinski definition) is 3. The van der Waals surface area contributed by atoms with Gasteiger partial charge in [-0.2, -0.15) is 0 Å². The molecule has 3 aromatic carbocycles. The SMILES string of the molecule is COc1ccc(/C=N/c2nc3ccccc3n2Cc2ccc(C(C)(C)C)cc2)cc1. The molecule has 0 fully saturated rings. The van der Waals surface area contributed by atoms with E-state index in [2.05, 4.69) is 55.7 Å². The number of para-hydroxylation sites is 2. The lowest BCUT2D eigenvalue weighted by Gasteiger charge is -2.19. The first-order chi connectivity index (χ1) is 14.4. The van der Waals surface area contributed by atoms with E-state index in [1.807, 2.05) is 48.7 Å². The van der Waals surface area contributed by atoms with Crippen LogP contribution in [0.3, 0.4) is 0 Å². The van der Waals surface area contributed by atoms with Crippen molar-refractivity contribution < 1.29 is 4.74 Å². The average molecular weight is 398 g/mol. The standard InChI is InChI=1S/C26H27N3O/c1-26(2,3)21-13-9-20(10-14-21)18-29-24-8-6-5-7-23(24)28-25(29)27-17-19-11-15-22(30-4)16-12-19/h5-17H,18H2,1-4H3/b27-17+. The molecule has 30 heavy (non-hydrogen) atoms. The number of imidazole rings is 1. The van der Waals surface area contributed by atoms with Gasteiger partial charge in [-0.3, -0.25) is 0 Å². The van der Waals surface area contributed by atoms with Gasteiger partial charge < -0.3 is 9.30 Å². The van der Waals surface area contributed by atoms with E-state index in [9.17, 15) is 0 Å². The molecule has 1 heterocycles. The molecule has 4 nitrogen and oxygen atoms in total. The topological polar surface area (TPSA) is 39.4 Å². The number of ether oxygens (including phenoxy) is 1. The number of aromatic nitrogens is 2. The largest absolute Gasteiger partial charge is 0.497 e. The number of rotatable bonds is 5. The highest BCUT2D eigenvalue weighted by Crippen LogP contribution is 2.26. The summed E-state index contributed by atoms with van der Waals surface area (Å²) in [4.78, 5) is 9.46. The van der Waals surface area contributed by atoms with Crippen molar-refractivity contribution in [3.8, 4) is 5.75 Å². The third-order valence-electron chi connectivity index (χ3n) is 5.24. The van der Waals surface area contributed by atoms with Gasteiger partial charge in [0.2, 0.25) is 5.95 Å². The minimum absolute atomic E-state index is 0.147. The molecule has 1 aromatic heterocycles. The summed E-state index contributed by atoms with van der Waals surface area (Å²) < 4.78 is 7.39. The van der Waals surface area contributed by atoms with Crippen molar-refractivity contribution in [3.63, 3.8) is 0 Å². The van der Waals surface area contributed by atoms with Crippen molar-refractivity contribution in [3.05, 3.63) is 89.5 Å². The smallest absolute Gasteiger partial charge is 0.230 e. The van der Waals surface area contributed by atoms with Crippen molar-refractivity contribution in [2.45, 2.75) is 32.7 Å². The van der Waals surface area contributed by atoms with Gasteiger partial charge in [0, 0.05) is 6.21 Å². The van der Waals surface area contributed by atoms with E-state index in [4.69, 9.17) is 14.7 Å². The van der Waals surface area contributed by atoms with E-state index in [0.29, 0.717) is 5.95 Å². The summed E-state index contributed by atoms with van der Waals surface area (Å²) >= 11 is 0. The normalized spacial score (nSPS) is 12.0. The molecule has 0 aliphatic carbocycles. The maximum absolute atomic E-state index is 5.23. The molecule has 4 rings (SSSR count). The van der Waals surface area contributed by atoms with Gasteiger partial charge in [-0.05, 0) is 58.5 Å². The zero-order valence-corrected chi connectivity index (χ0v) is 18.0. The third-order valence-corrected chi connectivity index (χ3v) is 5.24. The molecule has 0 aliphatic heterocycles. The predicted molar refractivity (Wildman–Crippen MR) is 124 cm³/mol. The highest BCUT2D eigenvalue weighted by molar-refractivity contribution is 5.84. The van der Waals surface area contributed by atoms with E-state index in [0.717, 1.165) is 28.9 Å². The van der Waals surface area contributed by atoms with Gasteiger partial charge in [0.15, 0.2) is 0 Å². The molecular weight excluding hydrogens is 370 g/mol. The van der Waals surface area contributed by atoms with Gasteiger partial charge in [-0.25, -0.2) is 9.98 Å². The minimum atomic E-state index is 0.147. The summed E-state index contributed by atoms with van der Waals surface area (Å²) in [6, 6.07) is 24.8. The first kappa shape index (κ1) is 19.9. The lowest BCUT2D eigenvalue weighted by atomic mass is 9.87. The summed E-state index contributed by atoms with van der Waals surface area (Å²) in [7, 11) is 1.67. The van der Waals surface area contributed by atoms with Crippen LogP contribution in [-0.2, 0) is 12.0 Å². The second-order valence-corrected chi connectivity index (χ2v) is 8.46. The van der Waals surface area contributed by atoms with Gasteiger partial charge in [0.1, 0.15) is 5.75 Å². The Labute approximate surface area is 177 Å². The summed E-state index contributed by atoms with van der Waals surface area (Å²) in [5, 5.41) is 0. The fourth-order valence-corrected chi connectivity index (χ4v) is 3.43. The van der Waals surface area contributed by atoms with Gasteiger partial charge >= 0.3 is 0 Å². The third kappa shape index (κ3) is 4.28. The molecule has 4 heteroatoms. The van der Waals surface area contributed by atoms with Gasteiger partial charge in [0.05, 0.1) is 24.7 Å². The van der Waals surface area contributed by atoms with E-state index >= 15 is 0 Å². The van der Waals surface area contributed by atoms with Crippen LogP contribution in [-0.4, -0.2) is 22.9 Å². The molecule has 0 amide bonds. The van der Waals surface area contributed by atoms with Gasteiger partial charge in [-0.1, -0.05) is 57.2 Å². The average Bonchev–Trinajstić information content (AvgIpc) is 3.10. The van der Waals surface area contributed by atoms with Crippen molar-refractivity contribution in [1.82, 2.24) is 9.55 Å². The van der Waals surface area contributed by atoms with Crippen LogP contribution in [0.15, 0.2) is 77.8 Å². The van der Waals surface area contributed by atoms with Crippen LogP contribution in [0.2, 0.25) is 0 Å². The first-order valence-corrected chi connectivity index (χ1v) is 10.2. The Morgan fingerprint density at radius 3 is 2.30 bits per heavy atom. The fraction of sp³-hybridized carbons (Fsp3) is 0.231. The Morgan fingerprint density at radius 2 is 1.63 bits per heavy atom. The Hall–Kier alpha value is -3.40. The number of hydrogen-bond donors (Lipinski definition) is 0. The molecular formula is C26H27N3O. The molecule has 0 N–H and O–H groups in total. The zero-order chi connectivity index (χ0) is 21.1. The molecule has 0 spiro atoms. The molecule has 4 aromatic rings. The Bertz CT molecular complexity index is 1160. The quantitative estimate of drug-likeness (QED) is 0.379. The Balaban J connectivity index is 1.67. The highest BCUT2D eigenvalue weighted by atomic mass is 16.5. The van der Waals surface area contributed by atoms with Crippen molar-refractivity contribution in [2.75, 3.05) is 7.11 Å². The molecule has 0 unspecified atom stereocenters. The van der Waals surface area contributed by atoms with Crippen LogP contribution in [0.4, 0.5) is 5.95 Å². The van der Waals surface area contributed by atoms with E-state index in [1.54, 1.807) is 7.11 Å². The number of benzene rings is 3. The number of nitrogens with zero attached hydrogens (tertiary/aromatic N) is 3. The maximum atomic E-state index is 5.23. The highest BCUT2D eigenvalue weighted by Gasteiger charge is 2.14. The predicted octanol–water partition coefficient (Wildman–Crippen LogP) is 6.14. The lowest BCUT2D eigenvalue weighted by molar-refractivity contribution is 0.415. The summed E-state index contributed by atoms with van der Waals surface area (Å²) in [5.41, 5.74) is 5.74. The molecule has 0 atom stereocenters. The van der Waals surface area contributed by atoms with Crippen LogP contribution >= 0.6 is 0 Å². The summed E-state index contributed by atoms with van der Waals surface area (Å²) in [6.45, 7) is 7.42. The van der Waals surface area contributed by atoms with E-state index < -0.39 is 0 Å².